The highest BCUT2D eigenvalue weighted by Crippen LogP contribution is 2.13. The van der Waals surface area contributed by atoms with E-state index in [9.17, 15) is 17.2 Å². The van der Waals surface area contributed by atoms with Crippen LogP contribution >= 0.6 is 0 Å². The van der Waals surface area contributed by atoms with Gasteiger partial charge in [0.05, 0.1) is 11.4 Å². The van der Waals surface area contributed by atoms with Crippen LogP contribution in [-0.4, -0.2) is 29.0 Å². The second-order valence-corrected chi connectivity index (χ2v) is 5.00. The Labute approximate surface area is 100 Å². The van der Waals surface area contributed by atoms with Crippen molar-refractivity contribution in [3.05, 3.63) is 35.7 Å². The SMILES string of the molecule is O=S(=O)(NCc1nn[nH]n1)c1ccc(F)c(F)c1. The smallest absolute Gasteiger partial charge is 0.207 e. The maximum absolute atomic E-state index is 12.9. The zero-order chi connectivity index (χ0) is 13.2. The number of hydrogen-bond donors (Lipinski definition) is 2. The van der Waals surface area contributed by atoms with E-state index >= 15 is 0 Å². The van der Waals surface area contributed by atoms with Crippen molar-refractivity contribution in [2.24, 2.45) is 0 Å². The molecule has 0 atom stereocenters. The van der Waals surface area contributed by atoms with Gasteiger partial charge in [-0.3, -0.25) is 0 Å². The summed E-state index contributed by atoms with van der Waals surface area (Å²) in [7, 11) is -3.95. The maximum atomic E-state index is 12.9. The third kappa shape index (κ3) is 2.65. The molecule has 0 spiro atoms. The van der Waals surface area contributed by atoms with Crippen LogP contribution < -0.4 is 4.72 Å². The van der Waals surface area contributed by atoms with Gasteiger partial charge < -0.3 is 0 Å². The van der Waals surface area contributed by atoms with Crippen LogP contribution in [0, 0.1) is 11.6 Å². The van der Waals surface area contributed by atoms with Gasteiger partial charge in [-0.15, -0.1) is 10.2 Å². The Morgan fingerprint density at radius 3 is 2.67 bits per heavy atom. The second kappa shape index (κ2) is 4.74. The van der Waals surface area contributed by atoms with Crippen LogP contribution in [0.25, 0.3) is 0 Å². The number of aromatic nitrogens is 4. The Morgan fingerprint density at radius 1 is 1.28 bits per heavy atom. The summed E-state index contributed by atoms with van der Waals surface area (Å²) >= 11 is 0. The van der Waals surface area contributed by atoms with Gasteiger partial charge in [-0.05, 0) is 18.2 Å². The molecule has 7 nitrogen and oxygen atoms in total. The summed E-state index contributed by atoms with van der Waals surface area (Å²) in [6, 6.07) is 2.28. The molecule has 0 amide bonds. The Kier molecular flexibility index (Phi) is 3.30. The Morgan fingerprint density at radius 2 is 2.06 bits per heavy atom. The van der Waals surface area contributed by atoms with E-state index in [0.717, 1.165) is 12.1 Å². The van der Waals surface area contributed by atoms with Crippen molar-refractivity contribution in [1.29, 1.82) is 0 Å². The largest absolute Gasteiger partial charge is 0.241 e. The lowest BCUT2D eigenvalue weighted by molar-refractivity contribution is 0.504. The van der Waals surface area contributed by atoms with Gasteiger partial charge in [0, 0.05) is 0 Å². The lowest BCUT2D eigenvalue weighted by Gasteiger charge is -2.04. The minimum absolute atomic E-state index is 0.126. The summed E-state index contributed by atoms with van der Waals surface area (Å²) in [4.78, 5) is -0.384. The first-order valence-electron chi connectivity index (χ1n) is 4.66. The number of rotatable bonds is 4. The number of H-pyrrole nitrogens is 1. The van der Waals surface area contributed by atoms with E-state index in [4.69, 9.17) is 0 Å². The van der Waals surface area contributed by atoms with E-state index in [1.54, 1.807) is 0 Å². The molecule has 10 heteroatoms. The van der Waals surface area contributed by atoms with Gasteiger partial charge in [-0.25, -0.2) is 21.9 Å². The Hall–Kier alpha value is -1.94. The van der Waals surface area contributed by atoms with Crippen LogP contribution in [0.4, 0.5) is 8.78 Å². The molecule has 2 rings (SSSR count). The standard InChI is InChI=1S/C8H7F2N5O2S/c9-6-2-1-5(3-7(6)10)18(16,17)11-4-8-12-14-15-13-8/h1-3,11H,4H2,(H,12,13,14,15). The highest BCUT2D eigenvalue weighted by Gasteiger charge is 2.16. The Balaban J connectivity index is 2.17. The predicted octanol–water partition coefficient (Wildman–Crippen LogP) is -0.0436. The number of halogens is 2. The fourth-order valence-electron chi connectivity index (χ4n) is 1.14. The topological polar surface area (TPSA) is 101 Å². The van der Waals surface area contributed by atoms with Gasteiger partial charge in [0.2, 0.25) is 10.0 Å². The van der Waals surface area contributed by atoms with E-state index in [2.05, 4.69) is 25.3 Å². The Bertz CT molecular complexity index is 644. The summed E-state index contributed by atoms with van der Waals surface area (Å²) in [6.07, 6.45) is 0. The van der Waals surface area contributed by atoms with E-state index < -0.39 is 21.7 Å². The third-order valence-corrected chi connectivity index (χ3v) is 3.41. The normalized spacial score (nSPS) is 11.7. The van der Waals surface area contributed by atoms with Gasteiger partial charge in [-0.1, -0.05) is 5.21 Å². The highest BCUT2D eigenvalue weighted by atomic mass is 32.2. The average molecular weight is 275 g/mol. The van der Waals surface area contributed by atoms with Crippen LogP contribution in [0.5, 0.6) is 0 Å². The second-order valence-electron chi connectivity index (χ2n) is 3.23. The fourth-order valence-corrected chi connectivity index (χ4v) is 2.14. The van der Waals surface area contributed by atoms with Crippen LogP contribution in [0.2, 0.25) is 0 Å². The molecule has 0 fully saturated rings. The molecule has 0 saturated carbocycles. The molecule has 18 heavy (non-hydrogen) atoms. The van der Waals surface area contributed by atoms with Crippen molar-refractivity contribution < 1.29 is 17.2 Å². The third-order valence-electron chi connectivity index (χ3n) is 2.01. The molecule has 1 aromatic carbocycles. The zero-order valence-electron chi connectivity index (χ0n) is 8.76. The summed E-state index contributed by atoms with van der Waals surface area (Å²) in [6.45, 7) is -0.210. The first kappa shape index (κ1) is 12.5. The average Bonchev–Trinajstić information content (AvgIpc) is 2.83. The molecule has 2 aromatic rings. The van der Waals surface area contributed by atoms with Crippen molar-refractivity contribution in [1.82, 2.24) is 25.3 Å². The van der Waals surface area contributed by atoms with Crippen LogP contribution in [0.1, 0.15) is 5.82 Å². The molecular formula is C8H7F2N5O2S. The van der Waals surface area contributed by atoms with Crippen LogP contribution in [0.3, 0.4) is 0 Å². The van der Waals surface area contributed by atoms with Crippen molar-refractivity contribution in [2.75, 3.05) is 0 Å². The number of nitrogens with zero attached hydrogens (tertiary/aromatic N) is 3. The quantitative estimate of drug-likeness (QED) is 0.815. The van der Waals surface area contributed by atoms with Gasteiger partial charge in [0.1, 0.15) is 0 Å². The number of tetrazole rings is 1. The molecule has 0 aliphatic rings. The molecule has 0 bridgehead atoms. The summed E-state index contributed by atoms with van der Waals surface area (Å²) in [5.74, 6) is -2.23. The number of benzene rings is 1. The molecule has 1 aromatic heterocycles. The molecule has 0 saturated heterocycles. The zero-order valence-corrected chi connectivity index (χ0v) is 9.58. The van der Waals surface area contributed by atoms with Gasteiger partial charge in [-0.2, -0.15) is 5.21 Å². The van der Waals surface area contributed by atoms with E-state index in [1.165, 1.54) is 0 Å². The monoisotopic (exact) mass is 275 g/mol. The molecule has 96 valence electrons. The first-order chi connectivity index (χ1) is 8.49. The molecule has 0 unspecified atom stereocenters. The molecule has 0 radical (unpaired) electrons. The maximum Gasteiger partial charge on any atom is 0.241 e. The molecule has 0 aliphatic heterocycles. The fraction of sp³-hybridized carbons (Fsp3) is 0.125. The first-order valence-corrected chi connectivity index (χ1v) is 6.14. The number of nitrogens with one attached hydrogen (secondary N) is 2. The minimum atomic E-state index is -3.95. The van der Waals surface area contributed by atoms with Crippen LogP contribution in [-0.2, 0) is 16.6 Å². The summed E-state index contributed by atoms with van der Waals surface area (Å²) < 4.78 is 51.1. The van der Waals surface area contributed by atoms with Crippen molar-refractivity contribution >= 4 is 10.0 Å². The van der Waals surface area contributed by atoms with E-state index in [-0.39, 0.29) is 17.3 Å². The van der Waals surface area contributed by atoms with Crippen molar-refractivity contribution in [2.45, 2.75) is 11.4 Å². The molecular weight excluding hydrogens is 268 g/mol. The minimum Gasteiger partial charge on any atom is -0.207 e. The summed E-state index contributed by atoms with van der Waals surface area (Å²) in [5, 5.41) is 12.5. The lowest BCUT2D eigenvalue weighted by atomic mass is 10.3. The van der Waals surface area contributed by atoms with Gasteiger partial charge in [0.25, 0.3) is 0 Å². The number of hydrogen-bond acceptors (Lipinski definition) is 5. The van der Waals surface area contributed by atoms with Crippen molar-refractivity contribution in [3.8, 4) is 0 Å². The number of sulfonamides is 1. The predicted molar refractivity (Wildman–Crippen MR) is 54.6 cm³/mol. The lowest BCUT2D eigenvalue weighted by Crippen LogP contribution is -2.24. The van der Waals surface area contributed by atoms with E-state index in [0.29, 0.717) is 6.07 Å². The van der Waals surface area contributed by atoms with Gasteiger partial charge in [0.15, 0.2) is 17.5 Å². The number of aromatic amines is 1. The van der Waals surface area contributed by atoms with Crippen molar-refractivity contribution in [3.63, 3.8) is 0 Å². The van der Waals surface area contributed by atoms with Crippen LogP contribution in [0.15, 0.2) is 23.1 Å². The molecule has 2 N–H and O–H groups in total. The van der Waals surface area contributed by atoms with Gasteiger partial charge >= 0.3 is 0 Å². The molecule has 0 aliphatic carbocycles. The highest BCUT2D eigenvalue weighted by molar-refractivity contribution is 7.89. The molecule has 1 heterocycles. The summed E-state index contributed by atoms with van der Waals surface area (Å²) in [5.41, 5.74) is 0. The van der Waals surface area contributed by atoms with E-state index in [1.807, 2.05) is 0 Å².